The van der Waals surface area contributed by atoms with Crippen LogP contribution >= 0.6 is 11.8 Å². The van der Waals surface area contributed by atoms with Crippen LogP contribution < -0.4 is 5.32 Å². The molecule has 2 fully saturated rings. The van der Waals surface area contributed by atoms with Gasteiger partial charge in [-0.05, 0) is 34.1 Å². The van der Waals surface area contributed by atoms with Crippen molar-refractivity contribution in [1.29, 1.82) is 0 Å². The number of thioether (sulfide) groups is 1. The fourth-order valence-corrected chi connectivity index (χ4v) is 3.90. The average Bonchev–Trinajstić information content (AvgIpc) is 2.86. The summed E-state index contributed by atoms with van der Waals surface area (Å²) in [5, 5.41) is 3.20. The number of carbonyl (C=O) groups excluding carboxylic acids is 2. The lowest BCUT2D eigenvalue weighted by atomic mass is 10.2. The smallest absolute Gasteiger partial charge is 0.408 e. The van der Waals surface area contributed by atoms with E-state index in [4.69, 9.17) is 4.74 Å². The van der Waals surface area contributed by atoms with Crippen LogP contribution in [0, 0.1) is 0 Å². The zero-order valence-electron chi connectivity index (χ0n) is 11.9. The van der Waals surface area contributed by atoms with E-state index in [1.807, 2.05) is 16.7 Å². The molecule has 0 spiro atoms. The zero-order chi connectivity index (χ0) is 14.2. The molecule has 3 unspecified atom stereocenters. The van der Waals surface area contributed by atoms with Crippen molar-refractivity contribution in [1.82, 2.24) is 10.2 Å². The number of ether oxygens (including phenoxy) is 1. The van der Waals surface area contributed by atoms with E-state index in [1.54, 1.807) is 27.7 Å². The van der Waals surface area contributed by atoms with Crippen molar-refractivity contribution < 1.29 is 14.3 Å². The minimum atomic E-state index is -0.545. The summed E-state index contributed by atoms with van der Waals surface area (Å²) in [5.41, 5.74) is -0.545. The van der Waals surface area contributed by atoms with Gasteiger partial charge < -0.3 is 15.0 Å². The van der Waals surface area contributed by atoms with Gasteiger partial charge in [-0.15, -0.1) is 0 Å². The van der Waals surface area contributed by atoms with Gasteiger partial charge in [0.15, 0.2) is 0 Å². The summed E-state index contributed by atoms with van der Waals surface area (Å²) in [6, 6.07) is -0.176. The second-order valence-corrected chi connectivity index (χ2v) is 7.54. The van der Waals surface area contributed by atoms with Crippen molar-refractivity contribution in [2.24, 2.45) is 0 Å². The molecule has 0 saturated carbocycles. The van der Waals surface area contributed by atoms with E-state index in [9.17, 15) is 9.59 Å². The van der Waals surface area contributed by atoms with E-state index >= 15 is 0 Å². The summed E-state index contributed by atoms with van der Waals surface area (Å²) in [5.74, 6) is 1.02. The molecule has 2 aliphatic heterocycles. The molecule has 1 N–H and O–H groups in total. The molecule has 2 bridgehead atoms. The van der Waals surface area contributed by atoms with Gasteiger partial charge in [0.1, 0.15) is 11.6 Å². The molecule has 2 rings (SSSR count). The summed E-state index contributed by atoms with van der Waals surface area (Å²) in [6.45, 7) is 7.93. The van der Waals surface area contributed by atoms with Crippen molar-refractivity contribution in [2.45, 2.75) is 57.1 Å². The summed E-state index contributed by atoms with van der Waals surface area (Å²) >= 11 is 1.94. The molecule has 2 saturated heterocycles. The first-order chi connectivity index (χ1) is 8.76. The van der Waals surface area contributed by atoms with E-state index in [0.29, 0.717) is 11.3 Å². The number of hydrogen-bond donors (Lipinski definition) is 1. The lowest BCUT2D eigenvalue weighted by molar-refractivity contribution is -0.133. The van der Waals surface area contributed by atoms with Crippen molar-refractivity contribution in [2.75, 3.05) is 12.3 Å². The van der Waals surface area contributed by atoms with Crippen LogP contribution in [0.4, 0.5) is 4.79 Å². The Kier molecular flexibility index (Phi) is 3.99. The SMILES string of the molecule is CC(NC(=O)OC(C)(C)C)C(=O)N1CC2CC1CS2. The van der Waals surface area contributed by atoms with Crippen LogP contribution in [0.5, 0.6) is 0 Å². The highest BCUT2D eigenvalue weighted by atomic mass is 32.2. The molecular formula is C13H22N2O3S. The summed E-state index contributed by atoms with van der Waals surface area (Å²) in [7, 11) is 0. The van der Waals surface area contributed by atoms with Gasteiger partial charge in [0.05, 0.1) is 0 Å². The zero-order valence-corrected chi connectivity index (χ0v) is 12.8. The summed E-state index contributed by atoms with van der Waals surface area (Å²) in [4.78, 5) is 25.8. The molecule has 2 heterocycles. The van der Waals surface area contributed by atoms with Gasteiger partial charge in [-0.25, -0.2) is 4.79 Å². The second kappa shape index (κ2) is 5.23. The maximum Gasteiger partial charge on any atom is 0.408 e. The van der Waals surface area contributed by atoms with E-state index < -0.39 is 17.7 Å². The lowest BCUT2D eigenvalue weighted by Gasteiger charge is -2.30. The number of nitrogens with one attached hydrogen (secondary N) is 1. The molecule has 19 heavy (non-hydrogen) atoms. The van der Waals surface area contributed by atoms with Crippen LogP contribution in [-0.2, 0) is 9.53 Å². The van der Waals surface area contributed by atoms with Crippen molar-refractivity contribution in [3.63, 3.8) is 0 Å². The average molecular weight is 286 g/mol. The van der Waals surface area contributed by atoms with Crippen molar-refractivity contribution in [3.05, 3.63) is 0 Å². The van der Waals surface area contributed by atoms with Gasteiger partial charge in [-0.2, -0.15) is 11.8 Å². The molecular weight excluding hydrogens is 264 g/mol. The lowest BCUT2D eigenvalue weighted by Crippen LogP contribution is -2.50. The molecule has 0 aromatic heterocycles. The molecule has 5 nitrogen and oxygen atoms in total. The maximum absolute atomic E-state index is 12.3. The topological polar surface area (TPSA) is 58.6 Å². The quantitative estimate of drug-likeness (QED) is 0.838. The van der Waals surface area contributed by atoms with E-state index in [2.05, 4.69) is 5.32 Å². The number of rotatable bonds is 2. The first-order valence-electron chi connectivity index (χ1n) is 6.68. The number of fused-ring (bicyclic) bond motifs is 2. The number of likely N-dealkylation sites (tertiary alicyclic amines) is 1. The Labute approximate surface area is 118 Å². The Bertz CT molecular complexity index is 381. The van der Waals surface area contributed by atoms with E-state index in [1.165, 1.54) is 0 Å². The standard InChI is InChI=1S/C13H22N2O3S/c1-8(14-12(17)18-13(2,3)4)11(16)15-6-10-5-9(15)7-19-10/h8-10H,5-7H2,1-4H3,(H,14,17). The minimum Gasteiger partial charge on any atom is -0.444 e. The van der Waals surface area contributed by atoms with Crippen LogP contribution in [-0.4, -0.2) is 52.1 Å². The highest BCUT2D eigenvalue weighted by Gasteiger charge is 2.42. The van der Waals surface area contributed by atoms with E-state index in [-0.39, 0.29) is 5.91 Å². The van der Waals surface area contributed by atoms with Gasteiger partial charge in [-0.3, -0.25) is 4.79 Å². The molecule has 0 aromatic rings. The van der Waals surface area contributed by atoms with Gasteiger partial charge >= 0.3 is 6.09 Å². The normalized spacial score (nSPS) is 27.3. The molecule has 2 amide bonds. The molecule has 6 heteroatoms. The Hall–Kier alpha value is -0.910. The van der Waals surface area contributed by atoms with E-state index in [0.717, 1.165) is 18.7 Å². The number of hydrogen-bond acceptors (Lipinski definition) is 4. The van der Waals surface area contributed by atoms with Crippen LogP contribution in [0.15, 0.2) is 0 Å². The van der Waals surface area contributed by atoms with Gasteiger partial charge in [-0.1, -0.05) is 0 Å². The number of nitrogens with zero attached hydrogens (tertiary/aromatic N) is 1. The highest BCUT2D eigenvalue weighted by Crippen LogP contribution is 2.37. The fraction of sp³-hybridized carbons (Fsp3) is 0.846. The van der Waals surface area contributed by atoms with Gasteiger partial charge in [0, 0.05) is 23.6 Å². The van der Waals surface area contributed by atoms with Crippen LogP contribution in [0.1, 0.15) is 34.1 Å². The van der Waals surface area contributed by atoms with Crippen LogP contribution in [0.3, 0.4) is 0 Å². The summed E-state index contributed by atoms with van der Waals surface area (Å²) < 4.78 is 5.16. The van der Waals surface area contributed by atoms with Crippen molar-refractivity contribution >= 4 is 23.8 Å². The fourth-order valence-electron chi connectivity index (χ4n) is 2.46. The first kappa shape index (κ1) is 14.5. The Morgan fingerprint density at radius 1 is 1.42 bits per heavy atom. The summed E-state index contributed by atoms with van der Waals surface area (Å²) in [6.07, 6.45) is 0.558. The predicted molar refractivity (Wildman–Crippen MR) is 75.2 cm³/mol. The number of amides is 2. The Morgan fingerprint density at radius 3 is 2.58 bits per heavy atom. The highest BCUT2D eigenvalue weighted by molar-refractivity contribution is 8.00. The predicted octanol–water partition coefficient (Wildman–Crippen LogP) is 1.62. The Balaban J connectivity index is 1.84. The first-order valence-corrected chi connectivity index (χ1v) is 7.73. The monoisotopic (exact) mass is 286 g/mol. The second-order valence-electron chi connectivity index (χ2n) is 6.20. The van der Waals surface area contributed by atoms with Crippen LogP contribution in [0.25, 0.3) is 0 Å². The third kappa shape index (κ3) is 3.55. The molecule has 2 aliphatic rings. The molecule has 0 aromatic carbocycles. The number of alkyl carbamates (subject to hydrolysis) is 1. The third-order valence-corrected chi connectivity index (χ3v) is 4.68. The molecule has 3 atom stereocenters. The van der Waals surface area contributed by atoms with Crippen molar-refractivity contribution in [3.8, 4) is 0 Å². The minimum absolute atomic E-state index is 0.00124. The Morgan fingerprint density at radius 2 is 2.11 bits per heavy atom. The molecule has 108 valence electrons. The maximum atomic E-state index is 12.3. The van der Waals surface area contributed by atoms with Crippen LogP contribution in [0.2, 0.25) is 0 Å². The van der Waals surface area contributed by atoms with Gasteiger partial charge in [0.25, 0.3) is 0 Å². The number of carbonyl (C=O) groups is 2. The largest absolute Gasteiger partial charge is 0.444 e. The molecule has 0 aliphatic carbocycles. The van der Waals surface area contributed by atoms with Gasteiger partial charge in [0.2, 0.25) is 5.91 Å². The third-order valence-electron chi connectivity index (χ3n) is 3.29. The molecule has 0 radical (unpaired) electrons.